The minimum atomic E-state index is -3.65. The van der Waals surface area contributed by atoms with E-state index in [1.807, 2.05) is 6.07 Å². The van der Waals surface area contributed by atoms with Gasteiger partial charge in [-0.3, -0.25) is 14.0 Å². The molecule has 1 amide bonds. The van der Waals surface area contributed by atoms with E-state index in [4.69, 9.17) is 5.73 Å². The lowest BCUT2D eigenvalue weighted by atomic mass is 9.99. The lowest BCUT2D eigenvalue weighted by molar-refractivity contribution is 0.0976. The predicted octanol–water partition coefficient (Wildman–Crippen LogP) is 1.83. The summed E-state index contributed by atoms with van der Waals surface area (Å²) >= 11 is 0. The van der Waals surface area contributed by atoms with E-state index >= 15 is 0 Å². The third kappa shape index (κ3) is 7.65. The second-order valence-electron chi connectivity index (χ2n) is 11.0. The highest BCUT2D eigenvalue weighted by molar-refractivity contribution is 7.92. The highest BCUT2D eigenvalue weighted by atomic mass is 32.2. The SMILES string of the molecule is CCCCN1CCN(S(=O)(=O)c2ccc(NC(=O)c3cc(CN4CC(CN)C4)ccc3N(C)S(C)(=O)=O)cc2)CC1. The maximum Gasteiger partial charge on any atom is 0.257 e. The smallest absolute Gasteiger partial charge is 0.257 e. The Balaban J connectivity index is 1.48. The molecule has 0 unspecified atom stereocenters. The number of nitrogens with one attached hydrogen (secondary N) is 1. The van der Waals surface area contributed by atoms with Gasteiger partial charge < -0.3 is 16.0 Å². The number of nitrogens with two attached hydrogens (primary N) is 1. The molecule has 11 nitrogen and oxygen atoms in total. The van der Waals surface area contributed by atoms with E-state index in [2.05, 4.69) is 22.0 Å². The Labute approximate surface area is 244 Å². The van der Waals surface area contributed by atoms with Gasteiger partial charge in [0.15, 0.2) is 0 Å². The molecule has 0 aliphatic carbocycles. The average molecular weight is 607 g/mol. The van der Waals surface area contributed by atoms with Crippen LogP contribution >= 0.6 is 0 Å². The fourth-order valence-electron chi connectivity index (χ4n) is 5.16. The van der Waals surface area contributed by atoms with Crippen molar-refractivity contribution in [3.63, 3.8) is 0 Å². The molecular weight excluding hydrogens is 564 g/mol. The number of rotatable bonds is 12. The number of unbranched alkanes of at least 4 members (excludes halogenated alkanes) is 1. The molecule has 0 radical (unpaired) electrons. The maximum absolute atomic E-state index is 13.4. The number of sulfonamides is 2. The molecule has 0 saturated carbocycles. The topological polar surface area (TPSA) is 136 Å². The van der Waals surface area contributed by atoms with E-state index in [-0.39, 0.29) is 16.1 Å². The van der Waals surface area contributed by atoms with Crippen molar-refractivity contribution < 1.29 is 21.6 Å². The number of benzene rings is 2. The molecule has 0 bridgehead atoms. The van der Waals surface area contributed by atoms with Crippen molar-refractivity contribution in [2.75, 3.05) is 75.3 Å². The highest BCUT2D eigenvalue weighted by Gasteiger charge is 2.29. The quantitative estimate of drug-likeness (QED) is 0.374. The average Bonchev–Trinajstić information content (AvgIpc) is 2.93. The van der Waals surface area contributed by atoms with Crippen molar-refractivity contribution in [3.05, 3.63) is 53.6 Å². The zero-order chi connectivity index (χ0) is 29.8. The van der Waals surface area contributed by atoms with E-state index in [0.717, 1.165) is 48.6 Å². The fraction of sp³-hybridized carbons (Fsp3) is 0.536. The van der Waals surface area contributed by atoms with Crippen LogP contribution in [0.25, 0.3) is 0 Å². The van der Waals surface area contributed by atoms with Crippen molar-refractivity contribution in [2.24, 2.45) is 11.7 Å². The van der Waals surface area contributed by atoms with Gasteiger partial charge >= 0.3 is 0 Å². The Morgan fingerprint density at radius 2 is 1.66 bits per heavy atom. The second kappa shape index (κ2) is 13.2. The molecule has 13 heteroatoms. The number of piperazine rings is 1. The first-order chi connectivity index (χ1) is 19.4. The molecular formula is C28H42N6O5S2. The molecule has 0 atom stereocenters. The van der Waals surface area contributed by atoms with E-state index in [9.17, 15) is 21.6 Å². The van der Waals surface area contributed by atoms with Gasteiger partial charge in [-0.1, -0.05) is 19.4 Å². The molecule has 41 heavy (non-hydrogen) atoms. The summed E-state index contributed by atoms with van der Waals surface area (Å²) in [6.45, 7) is 8.46. The second-order valence-corrected chi connectivity index (χ2v) is 14.9. The molecule has 2 heterocycles. The van der Waals surface area contributed by atoms with Gasteiger partial charge in [-0.25, -0.2) is 16.8 Å². The number of carbonyl (C=O) groups is 1. The summed E-state index contributed by atoms with van der Waals surface area (Å²) in [5.74, 6) is -0.0183. The maximum atomic E-state index is 13.4. The minimum Gasteiger partial charge on any atom is -0.330 e. The first kappa shape index (κ1) is 31.4. The third-order valence-electron chi connectivity index (χ3n) is 7.82. The fourth-order valence-corrected chi connectivity index (χ4v) is 7.10. The van der Waals surface area contributed by atoms with Gasteiger partial charge in [0.25, 0.3) is 5.91 Å². The summed E-state index contributed by atoms with van der Waals surface area (Å²) in [5.41, 5.74) is 7.49. The number of carbonyl (C=O) groups excluding carboxylic acids is 1. The van der Waals surface area contributed by atoms with Crippen LogP contribution in [0.4, 0.5) is 11.4 Å². The lowest BCUT2D eigenvalue weighted by Crippen LogP contribution is -2.49. The number of anilines is 2. The first-order valence-corrected chi connectivity index (χ1v) is 17.3. The Kier molecular flexibility index (Phi) is 10.1. The largest absolute Gasteiger partial charge is 0.330 e. The van der Waals surface area contributed by atoms with Crippen molar-refractivity contribution in [2.45, 2.75) is 31.2 Å². The Morgan fingerprint density at radius 1 is 1.00 bits per heavy atom. The summed E-state index contributed by atoms with van der Waals surface area (Å²) in [5, 5.41) is 2.81. The predicted molar refractivity (Wildman–Crippen MR) is 162 cm³/mol. The summed E-state index contributed by atoms with van der Waals surface area (Å²) in [7, 11) is -5.85. The monoisotopic (exact) mass is 606 g/mol. The number of nitrogens with zero attached hydrogens (tertiary/aromatic N) is 4. The molecule has 2 aromatic rings. The summed E-state index contributed by atoms with van der Waals surface area (Å²) in [6, 6.07) is 11.3. The van der Waals surface area contributed by atoms with Crippen LogP contribution in [0.2, 0.25) is 0 Å². The normalized spacial score (nSPS) is 17.8. The van der Waals surface area contributed by atoms with E-state index < -0.39 is 26.0 Å². The van der Waals surface area contributed by atoms with E-state index in [0.29, 0.717) is 50.9 Å². The van der Waals surface area contributed by atoms with Gasteiger partial charge in [-0.05, 0) is 67.4 Å². The van der Waals surface area contributed by atoms with Crippen molar-refractivity contribution in [3.8, 4) is 0 Å². The number of hydrogen-bond acceptors (Lipinski definition) is 8. The minimum absolute atomic E-state index is 0.169. The number of hydrogen-bond donors (Lipinski definition) is 2. The Bertz CT molecular complexity index is 1420. The molecule has 226 valence electrons. The van der Waals surface area contributed by atoms with Gasteiger partial charge in [-0.15, -0.1) is 0 Å². The molecule has 3 N–H and O–H groups in total. The van der Waals surface area contributed by atoms with Gasteiger partial charge in [0.1, 0.15) is 0 Å². The van der Waals surface area contributed by atoms with Crippen LogP contribution in [0.3, 0.4) is 0 Å². The zero-order valence-electron chi connectivity index (χ0n) is 24.1. The van der Waals surface area contributed by atoms with Crippen LogP contribution in [0.1, 0.15) is 35.7 Å². The van der Waals surface area contributed by atoms with Crippen molar-refractivity contribution in [1.29, 1.82) is 0 Å². The molecule has 2 saturated heterocycles. The van der Waals surface area contributed by atoms with E-state index in [1.54, 1.807) is 24.3 Å². The molecule has 2 fully saturated rings. The summed E-state index contributed by atoms with van der Waals surface area (Å²) < 4.78 is 53.6. The van der Waals surface area contributed by atoms with Crippen LogP contribution in [-0.2, 0) is 26.6 Å². The van der Waals surface area contributed by atoms with Crippen LogP contribution in [0.15, 0.2) is 47.4 Å². The Morgan fingerprint density at radius 3 is 2.24 bits per heavy atom. The van der Waals surface area contributed by atoms with Crippen LogP contribution in [0, 0.1) is 5.92 Å². The van der Waals surface area contributed by atoms with Crippen molar-refractivity contribution >= 4 is 37.3 Å². The van der Waals surface area contributed by atoms with Crippen LogP contribution in [0.5, 0.6) is 0 Å². The third-order valence-corrected chi connectivity index (χ3v) is 10.9. The molecule has 2 aliphatic rings. The summed E-state index contributed by atoms with van der Waals surface area (Å²) in [4.78, 5) is 18.1. The zero-order valence-corrected chi connectivity index (χ0v) is 25.8. The Hall–Kier alpha value is -2.55. The first-order valence-electron chi connectivity index (χ1n) is 14.1. The van der Waals surface area contributed by atoms with Crippen molar-refractivity contribution in [1.82, 2.24) is 14.1 Å². The standard InChI is InChI=1S/C28H42N6O5S2/c1-4-5-12-32-13-15-34(16-14-32)41(38,39)25-9-7-24(8-10-25)30-28(35)26-17-22(19-33-20-23(18-29)21-33)6-11-27(26)31(2)40(3,36)37/h6-11,17,23H,4-5,12-16,18-21,29H2,1-3H3,(H,30,35). The van der Waals surface area contributed by atoms with Gasteiger partial charge in [0.05, 0.1) is 22.4 Å². The van der Waals surface area contributed by atoms with Gasteiger partial charge in [0, 0.05) is 58.5 Å². The van der Waals surface area contributed by atoms with Crippen LogP contribution < -0.4 is 15.4 Å². The highest BCUT2D eigenvalue weighted by Crippen LogP contribution is 2.27. The van der Waals surface area contributed by atoms with Crippen LogP contribution in [-0.4, -0.2) is 103 Å². The molecule has 0 spiro atoms. The molecule has 2 aliphatic heterocycles. The summed E-state index contributed by atoms with van der Waals surface area (Å²) in [6.07, 6.45) is 3.29. The van der Waals surface area contributed by atoms with E-state index in [1.165, 1.54) is 23.5 Å². The molecule has 4 rings (SSSR count). The number of likely N-dealkylation sites (tertiary alicyclic amines) is 1. The lowest BCUT2D eigenvalue weighted by Gasteiger charge is -2.38. The van der Waals surface area contributed by atoms with Gasteiger partial charge in [0.2, 0.25) is 20.0 Å². The number of amides is 1. The van der Waals surface area contributed by atoms with Gasteiger partial charge in [-0.2, -0.15) is 4.31 Å². The molecule has 2 aromatic carbocycles. The molecule has 0 aromatic heterocycles.